The second kappa shape index (κ2) is 5.08. The van der Waals surface area contributed by atoms with E-state index in [0.29, 0.717) is 11.4 Å². The number of nitrogens with one attached hydrogen (secondary N) is 1. The van der Waals surface area contributed by atoms with Gasteiger partial charge < -0.3 is 16.8 Å². The molecule has 1 rings (SSSR count). The third kappa shape index (κ3) is 3.60. The Hall–Kier alpha value is -1.76. The molecule has 0 aliphatic carbocycles. The van der Waals surface area contributed by atoms with Crippen LogP contribution in [0.25, 0.3) is 0 Å². The molecule has 1 aromatic rings. The van der Waals surface area contributed by atoms with Crippen LogP contribution in [0.15, 0.2) is 18.2 Å². The molecule has 0 saturated carbocycles. The number of primary amides is 1. The van der Waals surface area contributed by atoms with Gasteiger partial charge in [0.25, 0.3) is 5.91 Å². The number of hydrogen-bond donors (Lipinski definition) is 3. The quantitative estimate of drug-likeness (QED) is 0.685. The van der Waals surface area contributed by atoms with Gasteiger partial charge in [0.2, 0.25) is 0 Å². The monoisotopic (exact) mass is 285 g/mol. The van der Waals surface area contributed by atoms with Gasteiger partial charge in [-0.1, -0.05) is 0 Å². The van der Waals surface area contributed by atoms with E-state index in [1.54, 1.807) is 26.0 Å². The summed E-state index contributed by atoms with van der Waals surface area (Å²) in [7, 11) is -3.19. The number of amides is 1. The molecule has 106 valence electrons. The molecule has 5 N–H and O–H groups in total. The Labute approximate surface area is 113 Å². The van der Waals surface area contributed by atoms with Gasteiger partial charge in [0, 0.05) is 24.2 Å². The molecule has 0 heterocycles. The first kappa shape index (κ1) is 15.3. The van der Waals surface area contributed by atoms with Gasteiger partial charge in [-0.3, -0.25) is 4.79 Å². The minimum atomic E-state index is -3.19. The summed E-state index contributed by atoms with van der Waals surface area (Å²) in [4.78, 5) is 11.2. The molecule has 6 nitrogen and oxygen atoms in total. The van der Waals surface area contributed by atoms with Crippen molar-refractivity contribution >= 4 is 27.1 Å². The molecular formula is C12H19N3O3S. The molecule has 0 spiro atoms. The van der Waals surface area contributed by atoms with Crippen molar-refractivity contribution in [2.75, 3.05) is 23.9 Å². The highest BCUT2D eigenvalue weighted by Crippen LogP contribution is 2.20. The number of carbonyl (C=O) groups is 1. The van der Waals surface area contributed by atoms with Crippen molar-refractivity contribution < 1.29 is 13.2 Å². The SMILES string of the molecule is CC(C)(CNc1ccc(N)c(C(N)=O)c1)S(C)(=O)=O. The Kier molecular flexibility index (Phi) is 4.09. The maximum absolute atomic E-state index is 11.6. The maximum Gasteiger partial charge on any atom is 0.250 e. The third-order valence-electron chi connectivity index (χ3n) is 3.04. The zero-order valence-corrected chi connectivity index (χ0v) is 12.0. The molecule has 0 unspecified atom stereocenters. The summed E-state index contributed by atoms with van der Waals surface area (Å²) in [5.41, 5.74) is 11.9. The summed E-state index contributed by atoms with van der Waals surface area (Å²) < 4.78 is 22.2. The van der Waals surface area contributed by atoms with E-state index >= 15 is 0 Å². The van der Waals surface area contributed by atoms with Crippen LogP contribution in [0.4, 0.5) is 11.4 Å². The lowest BCUT2D eigenvalue weighted by atomic mass is 10.1. The minimum Gasteiger partial charge on any atom is -0.398 e. The summed E-state index contributed by atoms with van der Waals surface area (Å²) >= 11 is 0. The van der Waals surface area contributed by atoms with Gasteiger partial charge in [-0.15, -0.1) is 0 Å². The van der Waals surface area contributed by atoms with Crippen molar-refractivity contribution in [3.8, 4) is 0 Å². The van der Waals surface area contributed by atoms with Crippen LogP contribution in [-0.4, -0.2) is 31.9 Å². The highest BCUT2D eigenvalue weighted by atomic mass is 32.2. The van der Waals surface area contributed by atoms with Gasteiger partial charge in [-0.2, -0.15) is 0 Å². The maximum atomic E-state index is 11.6. The molecule has 0 fully saturated rings. The van der Waals surface area contributed by atoms with Gasteiger partial charge in [0.1, 0.15) is 0 Å². The van der Waals surface area contributed by atoms with Gasteiger partial charge in [0.05, 0.1) is 10.3 Å². The number of sulfone groups is 1. The van der Waals surface area contributed by atoms with Gasteiger partial charge in [-0.25, -0.2) is 8.42 Å². The van der Waals surface area contributed by atoms with Crippen molar-refractivity contribution in [3.63, 3.8) is 0 Å². The van der Waals surface area contributed by atoms with Crippen LogP contribution in [0.2, 0.25) is 0 Å². The molecule has 0 radical (unpaired) electrons. The predicted octanol–water partition coefficient (Wildman–Crippen LogP) is 0.603. The highest BCUT2D eigenvalue weighted by Gasteiger charge is 2.29. The minimum absolute atomic E-state index is 0.210. The number of carbonyl (C=O) groups excluding carboxylic acids is 1. The van der Waals surface area contributed by atoms with E-state index in [9.17, 15) is 13.2 Å². The van der Waals surface area contributed by atoms with Crippen LogP contribution >= 0.6 is 0 Å². The summed E-state index contributed by atoms with van der Waals surface area (Å²) in [6, 6.07) is 4.73. The van der Waals surface area contributed by atoms with Crippen molar-refractivity contribution in [2.24, 2.45) is 5.73 Å². The zero-order valence-electron chi connectivity index (χ0n) is 11.2. The Morgan fingerprint density at radius 2 is 1.95 bits per heavy atom. The van der Waals surface area contributed by atoms with Gasteiger partial charge in [0.15, 0.2) is 9.84 Å². The van der Waals surface area contributed by atoms with Crippen LogP contribution in [0.5, 0.6) is 0 Å². The van der Waals surface area contributed by atoms with Gasteiger partial charge >= 0.3 is 0 Å². The molecular weight excluding hydrogens is 266 g/mol. The largest absolute Gasteiger partial charge is 0.398 e. The average Bonchev–Trinajstić information content (AvgIpc) is 2.26. The van der Waals surface area contributed by atoms with Crippen LogP contribution < -0.4 is 16.8 Å². The number of anilines is 2. The van der Waals surface area contributed by atoms with E-state index in [4.69, 9.17) is 11.5 Å². The Bertz CT molecular complexity index is 594. The van der Waals surface area contributed by atoms with Gasteiger partial charge in [-0.05, 0) is 32.0 Å². The fourth-order valence-corrected chi connectivity index (χ4v) is 1.66. The first-order chi connectivity index (χ1) is 8.54. The molecule has 0 aliphatic heterocycles. The normalized spacial score (nSPS) is 12.2. The van der Waals surface area contributed by atoms with Crippen LogP contribution in [0.1, 0.15) is 24.2 Å². The second-order valence-corrected chi connectivity index (χ2v) is 7.70. The first-order valence-electron chi connectivity index (χ1n) is 5.67. The number of benzene rings is 1. The van der Waals surface area contributed by atoms with E-state index in [2.05, 4.69) is 5.32 Å². The molecule has 0 aromatic heterocycles. The van der Waals surface area contributed by atoms with Crippen LogP contribution in [-0.2, 0) is 9.84 Å². The molecule has 7 heteroatoms. The Morgan fingerprint density at radius 3 is 2.42 bits per heavy atom. The highest BCUT2D eigenvalue weighted by molar-refractivity contribution is 7.92. The lowest BCUT2D eigenvalue weighted by Gasteiger charge is -2.23. The van der Waals surface area contributed by atoms with Crippen molar-refractivity contribution in [1.82, 2.24) is 0 Å². The molecule has 19 heavy (non-hydrogen) atoms. The fourth-order valence-electron chi connectivity index (χ4n) is 1.33. The summed E-state index contributed by atoms with van der Waals surface area (Å²) in [5, 5.41) is 2.97. The van der Waals surface area contributed by atoms with E-state index < -0.39 is 20.5 Å². The molecule has 1 amide bonds. The molecule has 0 saturated heterocycles. The van der Waals surface area contributed by atoms with E-state index in [1.807, 2.05) is 0 Å². The van der Waals surface area contributed by atoms with Crippen LogP contribution in [0, 0.1) is 0 Å². The Morgan fingerprint density at radius 1 is 1.37 bits per heavy atom. The lowest BCUT2D eigenvalue weighted by molar-refractivity contribution is 0.100. The summed E-state index contributed by atoms with van der Waals surface area (Å²) in [6.45, 7) is 3.47. The Balaban J connectivity index is 2.91. The van der Waals surface area contributed by atoms with E-state index in [0.717, 1.165) is 0 Å². The second-order valence-electron chi connectivity index (χ2n) is 5.05. The number of nitrogen functional groups attached to an aromatic ring is 1. The molecule has 0 bridgehead atoms. The smallest absolute Gasteiger partial charge is 0.250 e. The third-order valence-corrected chi connectivity index (χ3v) is 5.19. The van der Waals surface area contributed by atoms with Crippen LogP contribution in [0.3, 0.4) is 0 Å². The fraction of sp³-hybridized carbons (Fsp3) is 0.417. The number of rotatable bonds is 5. The van der Waals surface area contributed by atoms with Crippen molar-refractivity contribution in [3.05, 3.63) is 23.8 Å². The molecule has 0 atom stereocenters. The average molecular weight is 285 g/mol. The number of hydrogen-bond acceptors (Lipinski definition) is 5. The van der Waals surface area contributed by atoms with Crippen molar-refractivity contribution in [2.45, 2.75) is 18.6 Å². The zero-order chi connectivity index (χ0) is 14.8. The number of nitrogens with two attached hydrogens (primary N) is 2. The topological polar surface area (TPSA) is 115 Å². The summed E-state index contributed by atoms with van der Waals surface area (Å²) in [6.07, 6.45) is 1.19. The molecule has 0 aliphatic rings. The first-order valence-corrected chi connectivity index (χ1v) is 7.56. The van der Waals surface area contributed by atoms with E-state index in [1.165, 1.54) is 12.3 Å². The lowest BCUT2D eigenvalue weighted by Crippen LogP contribution is -2.38. The summed E-state index contributed by atoms with van der Waals surface area (Å²) in [5.74, 6) is -0.622. The standard InChI is InChI=1S/C12H19N3O3S/c1-12(2,19(3,17)18)7-15-8-4-5-10(13)9(6-8)11(14)16/h4-6,15H,7,13H2,1-3H3,(H2,14,16). The molecule has 1 aromatic carbocycles. The van der Waals surface area contributed by atoms with E-state index in [-0.39, 0.29) is 12.1 Å². The predicted molar refractivity (Wildman–Crippen MR) is 76.8 cm³/mol. The van der Waals surface area contributed by atoms with Crippen molar-refractivity contribution in [1.29, 1.82) is 0 Å².